The Morgan fingerprint density at radius 3 is 2.75 bits per heavy atom. The van der Waals surface area contributed by atoms with E-state index in [4.69, 9.17) is 11.6 Å². The predicted molar refractivity (Wildman–Crippen MR) is 129 cm³/mol. The molecule has 1 atom stereocenters. The molecule has 3 aromatic carbocycles. The molecule has 4 aromatic rings. The van der Waals surface area contributed by atoms with E-state index in [1.165, 1.54) is 12.1 Å². The first-order valence-corrected chi connectivity index (χ1v) is 11.9. The standard InChI is InChI=1S/C25H21ClFN3OS/c1-32-19-4-2-3-18(14-19)28-25(31)30-12-11-20-21-13-16(26)7-10-22(21)29-23(20)24(30)15-5-8-17(27)9-6-15/h2-10,13-14,24,29H,11-12H2,1H3,(H,28,31)/t24-/m1/s1. The number of rotatable bonds is 3. The van der Waals surface area contributed by atoms with E-state index in [9.17, 15) is 9.18 Å². The zero-order valence-electron chi connectivity index (χ0n) is 17.4. The van der Waals surface area contributed by atoms with Crippen LogP contribution in [0.2, 0.25) is 5.02 Å². The summed E-state index contributed by atoms with van der Waals surface area (Å²) in [5.74, 6) is -0.307. The van der Waals surface area contributed by atoms with E-state index in [-0.39, 0.29) is 17.9 Å². The number of fused-ring (bicyclic) bond motifs is 3. The van der Waals surface area contributed by atoms with Crippen LogP contribution < -0.4 is 5.32 Å². The van der Waals surface area contributed by atoms with Gasteiger partial charge < -0.3 is 15.2 Å². The third kappa shape index (κ3) is 3.85. The maximum absolute atomic E-state index is 13.7. The fourth-order valence-corrected chi connectivity index (χ4v) is 5.00. The molecule has 1 aliphatic rings. The Bertz CT molecular complexity index is 1300. The van der Waals surface area contributed by atoms with Crippen molar-refractivity contribution in [2.75, 3.05) is 18.1 Å². The number of anilines is 1. The highest BCUT2D eigenvalue weighted by molar-refractivity contribution is 7.98. The number of nitrogens with one attached hydrogen (secondary N) is 2. The Labute approximate surface area is 194 Å². The van der Waals surface area contributed by atoms with Crippen LogP contribution in [-0.4, -0.2) is 28.7 Å². The Morgan fingerprint density at radius 1 is 1.16 bits per heavy atom. The Hall–Kier alpha value is -2.96. The molecule has 0 aliphatic carbocycles. The number of aromatic nitrogens is 1. The first kappa shape index (κ1) is 20.9. The second-order valence-electron chi connectivity index (χ2n) is 7.77. The van der Waals surface area contributed by atoms with Gasteiger partial charge >= 0.3 is 6.03 Å². The summed E-state index contributed by atoms with van der Waals surface area (Å²) in [6, 6.07) is 19.3. The fourth-order valence-electron chi connectivity index (χ4n) is 4.37. The summed E-state index contributed by atoms with van der Waals surface area (Å²) in [5, 5.41) is 4.77. The average Bonchev–Trinajstić information content (AvgIpc) is 3.17. The van der Waals surface area contributed by atoms with Crippen LogP contribution in [0.3, 0.4) is 0 Å². The average molecular weight is 466 g/mol. The zero-order valence-corrected chi connectivity index (χ0v) is 18.9. The van der Waals surface area contributed by atoms with Gasteiger partial charge in [0.2, 0.25) is 0 Å². The van der Waals surface area contributed by atoms with E-state index in [1.54, 1.807) is 28.8 Å². The zero-order chi connectivity index (χ0) is 22.2. The molecule has 0 radical (unpaired) electrons. The summed E-state index contributed by atoms with van der Waals surface area (Å²) in [6.45, 7) is 0.530. The van der Waals surface area contributed by atoms with E-state index in [0.717, 1.165) is 38.3 Å². The SMILES string of the molecule is CSc1cccc(NC(=O)N2CCc3c([nH]c4ccc(Cl)cc34)[C@H]2c2ccc(F)cc2)c1. The number of aromatic amines is 1. The van der Waals surface area contributed by atoms with E-state index in [1.807, 2.05) is 48.7 Å². The number of benzene rings is 3. The largest absolute Gasteiger partial charge is 0.356 e. The Balaban J connectivity index is 1.56. The molecule has 2 heterocycles. The molecule has 0 fully saturated rings. The van der Waals surface area contributed by atoms with Crippen LogP contribution in [0.25, 0.3) is 10.9 Å². The van der Waals surface area contributed by atoms with Crippen LogP contribution >= 0.6 is 23.4 Å². The second kappa shape index (κ2) is 8.52. The second-order valence-corrected chi connectivity index (χ2v) is 9.08. The molecule has 2 N–H and O–H groups in total. The number of urea groups is 1. The number of carbonyl (C=O) groups excluding carboxylic acids is 1. The van der Waals surface area contributed by atoms with Crippen molar-refractivity contribution in [2.45, 2.75) is 17.4 Å². The van der Waals surface area contributed by atoms with Crippen molar-refractivity contribution in [3.05, 3.63) is 94.4 Å². The third-order valence-corrected chi connectivity index (χ3v) is 6.82. The predicted octanol–water partition coefficient (Wildman–Crippen LogP) is 6.86. The van der Waals surface area contributed by atoms with Crippen molar-refractivity contribution < 1.29 is 9.18 Å². The van der Waals surface area contributed by atoms with Crippen LogP contribution in [0.1, 0.15) is 22.9 Å². The molecule has 0 spiro atoms. The van der Waals surface area contributed by atoms with Crippen LogP contribution in [0.15, 0.2) is 71.6 Å². The molecule has 32 heavy (non-hydrogen) atoms. The van der Waals surface area contributed by atoms with Gasteiger partial charge in [0.05, 0.1) is 6.04 Å². The molecular formula is C25H21ClFN3OS. The van der Waals surface area contributed by atoms with Crippen LogP contribution in [0.5, 0.6) is 0 Å². The first-order chi connectivity index (χ1) is 15.5. The molecule has 0 saturated carbocycles. The maximum Gasteiger partial charge on any atom is 0.322 e. The highest BCUT2D eigenvalue weighted by Gasteiger charge is 2.34. The highest BCUT2D eigenvalue weighted by Crippen LogP contribution is 2.39. The van der Waals surface area contributed by atoms with Gasteiger partial charge in [-0.1, -0.05) is 29.8 Å². The lowest BCUT2D eigenvalue weighted by Gasteiger charge is -2.36. The van der Waals surface area contributed by atoms with E-state index < -0.39 is 0 Å². The van der Waals surface area contributed by atoms with E-state index in [2.05, 4.69) is 10.3 Å². The quantitative estimate of drug-likeness (QED) is 0.324. The molecule has 4 nitrogen and oxygen atoms in total. The number of hydrogen-bond donors (Lipinski definition) is 2. The summed E-state index contributed by atoms with van der Waals surface area (Å²) >= 11 is 7.87. The minimum Gasteiger partial charge on any atom is -0.356 e. The van der Waals surface area contributed by atoms with Crippen LogP contribution in [-0.2, 0) is 6.42 Å². The van der Waals surface area contributed by atoms with Gasteiger partial charge in [0, 0.05) is 38.7 Å². The number of amides is 2. The number of thioether (sulfide) groups is 1. The van der Waals surface area contributed by atoms with Gasteiger partial charge in [0.15, 0.2) is 0 Å². The molecule has 1 aliphatic heterocycles. The minimum atomic E-state index is -0.366. The lowest BCUT2D eigenvalue weighted by Crippen LogP contribution is -2.43. The summed E-state index contributed by atoms with van der Waals surface area (Å²) < 4.78 is 13.7. The smallest absolute Gasteiger partial charge is 0.322 e. The van der Waals surface area contributed by atoms with Gasteiger partial charge in [-0.05, 0) is 72.3 Å². The van der Waals surface area contributed by atoms with Gasteiger partial charge in [0.25, 0.3) is 0 Å². The van der Waals surface area contributed by atoms with Gasteiger partial charge in [0.1, 0.15) is 5.82 Å². The number of nitrogens with zero attached hydrogens (tertiary/aromatic N) is 1. The topological polar surface area (TPSA) is 48.1 Å². The van der Waals surface area contributed by atoms with Gasteiger partial charge in [-0.2, -0.15) is 0 Å². The molecule has 5 rings (SSSR count). The summed E-state index contributed by atoms with van der Waals surface area (Å²) in [4.78, 5) is 19.8. The van der Waals surface area contributed by atoms with Crippen molar-refractivity contribution >= 4 is 46.0 Å². The summed E-state index contributed by atoms with van der Waals surface area (Å²) in [6.07, 6.45) is 2.70. The molecule has 1 aromatic heterocycles. The van der Waals surface area contributed by atoms with Crippen molar-refractivity contribution in [1.29, 1.82) is 0 Å². The monoisotopic (exact) mass is 465 g/mol. The van der Waals surface area contributed by atoms with E-state index >= 15 is 0 Å². The Kier molecular flexibility index (Phi) is 5.57. The molecule has 0 bridgehead atoms. The number of hydrogen-bond acceptors (Lipinski definition) is 2. The van der Waals surface area contributed by atoms with Gasteiger partial charge in [-0.3, -0.25) is 0 Å². The maximum atomic E-state index is 13.7. The third-order valence-electron chi connectivity index (χ3n) is 5.86. The normalized spacial score (nSPS) is 15.6. The molecule has 7 heteroatoms. The van der Waals surface area contributed by atoms with Crippen molar-refractivity contribution in [3.8, 4) is 0 Å². The number of carbonyl (C=O) groups is 1. The molecule has 2 amide bonds. The fraction of sp³-hybridized carbons (Fsp3) is 0.160. The van der Waals surface area contributed by atoms with Gasteiger partial charge in [-0.15, -0.1) is 11.8 Å². The molecule has 162 valence electrons. The molecule has 0 saturated heterocycles. The minimum absolute atomic E-state index is 0.195. The van der Waals surface area contributed by atoms with Crippen molar-refractivity contribution in [2.24, 2.45) is 0 Å². The lowest BCUT2D eigenvalue weighted by atomic mass is 9.92. The molecule has 0 unspecified atom stereocenters. The highest BCUT2D eigenvalue weighted by atomic mass is 35.5. The Morgan fingerprint density at radius 2 is 1.97 bits per heavy atom. The first-order valence-electron chi connectivity index (χ1n) is 10.3. The van der Waals surface area contributed by atoms with Gasteiger partial charge in [-0.25, -0.2) is 9.18 Å². The summed E-state index contributed by atoms with van der Waals surface area (Å²) in [7, 11) is 0. The number of halogens is 2. The van der Waals surface area contributed by atoms with E-state index in [0.29, 0.717) is 18.0 Å². The van der Waals surface area contributed by atoms with Crippen molar-refractivity contribution in [3.63, 3.8) is 0 Å². The summed E-state index contributed by atoms with van der Waals surface area (Å²) in [5.41, 5.74) is 4.65. The number of H-pyrrole nitrogens is 1. The molecular weight excluding hydrogens is 445 g/mol. The lowest BCUT2D eigenvalue weighted by molar-refractivity contribution is 0.193. The van der Waals surface area contributed by atoms with Crippen LogP contribution in [0.4, 0.5) is 14.9 Å². The van der Waals surface area contributed by atoms with Crippen LogP contribution in [0, 0.1) is 5.82 Å². The van der Waals surface area contributed by atoms with Crippen molar-refractivity contribution in [1.82, 2.24) is 9.88 Å².